The van der Waals surface area contributed by atoms with E-state index in [9.17, 15) is 9.90 Å². The van der Waals surface area contributed by atoms with Crippen molar-refractivity contribution in [2.75, 3.05) is 6.54 Å². The molecule has 2 heterocycles. The number of aromatic amines is 1. The number of aromatic nitrogens is 1. The highest BCUT2D eigenvalue weighted by atomic mass is 35.5. The predicted molar refractivity (Wildman–Crippen MR) is 121 cm³/mol. The highest BCUT2D eigenvalue weighted by Gasteiger charge is 2.17. The molecule has 28 heavy (non-hydrogen) atoms. The minimum atomic E-state index is -0.0644. The highest BCUT2D eigenvalue weighted by molar-refractivity contribution is 7.17. The summed E-state index contributed by atoms with van der Waals surface area (Å²) in [6.07, 6.45) is 0. The fraction of sp³-hybridized carbons (Fsp3) is 0.227. The quantitative estimate of drug-likeness (QED) is 0.453. The highest BCUT2D eigenvalue weighted by Crippen LogP contribution is 2.38. The maximum atomic E-state index is 12.5. The van der Waals surface area contributed by atoms with Crippen LogP contribution in [0.25, 0.3) is 32.1 Å². The van der Waals surface area contributed by atoms with Crippen LogP contribution in [0.5, 0.6) is 0 Å². The van der Waals surface area contributed by atoms with Crippen LogP contribution in [-0.2, 0) is 6.61 Å². The zero-order chi connectivity index (χ0) is 19.1. The van der Waals surface area contributed by atoms with Gasteiger partial charge in [-0.2, -0.15) is 0 Å². The molecule has 0 fully saturated rings. The van der Waals surface area contributed by atoms with Crippen LogP contribution < -0.4 is 11.3 Å². The molecule has 0 unspecified atom stereocenters. The molecule has 4 N–H and O–H groups in total. The second kappa shape index (κ2) is 8.05. The molecule has 0 saturated heterocycles. The topological polar surface area (TPSA) is 79.1 Å². The first kappa shape index (κ1) is 20.6. The molecule has 0 bridgehead atoms. The number of H-pyrrole nitrogens is 1. The number of hydrogen-bond acceptors (Lipinski definition) is 4. The number of rotatable bonds is 4. The SMILES string of the molecule is Cc1cc(CO)c(-c2ccc([C@@H](C)CN)cc2)c2c1[nH]c(=O)c1sccc12.Cl. The van der Waals surface area contributed by atoms with Gasteiger partial charge in [0.05, 0.1) is 12.1 Å². The Morgan fingerprint density at radius 3 is 2.57 bits per heavy atom. The molecule has 2 aromatic carbocycles. The first-order chi connectivity index (χ1) is 13.0. The van der Waals surface area contributed by atoms with Crippen LogP contribution in [0.3, 0.4) is 0 Å². The Labute approximate surface area is 173 Å². The van der Waals surface area contributed by atoms with Gasteiger partial charge >= 0.3 is 0 Å². The van der Waals surface area contributed by atoms with Gasteiger partial charge in [0, 0.05) is 10.8 Å². The summed E-state index contributed by atoms with van der Waals surface area (Å²) in [7, 11) is 0. The Bertz CT molecular complexity index is 1200. The third kappa shape index (κ3) is 3.25. The fourth-order valence-electron chi connectivity index (χ4n) is 3.74. The number of aliphatic hydroxyl groups excluding tert-OH is 1. The zero-order valence-corrected chi connectivity index (χ0v) is 17.4. The third-order valence-electron chi connectivity index (χ3n) is 5.28. The number of fused-ring (bicyclic) bond motifs is 3. The molecule has 0 amide bonds. The van der Waals surface area contributed by atoms with Gasteiger partial charge in [0.15, 0.2) is 0 Å². The van der Waals surface area contributed by atoms with Gasteiger partial charge in [0.2, 0.25) is 0 Å². The minimum Gasteiger partial charge on any atom is -0.392 e. The first-order valence-electron chi connectivity index (χ1n) is 9.02. The summed E-state index contributed by atoms with van der Waals surface area (Å²) in [6, 6.07) is 12.3. The van der Waals surface area contributed by atoms with Gasteiger partial charge < -0.3 is 15.8 Å². The van der Waals surface area contributed by atoms with E-state index in [4.69, 9.17) is 5.73 Å². The van der Waals surface area contributed by atoms with Crippen molar-refractivity contribution in [2.24, 2.45) is 5.73 Å². The Balaban J connectivity index is 0.00000225. The van der Waals surface area contributed by atoms with Crippen molar-refractivity contribution in [3.05, 3.63) is 68.8 Å². The summed E-state index contributed by atoms with van der Waals surface area (Å²) in [5, 5.41) is 13.9. The van der Waals surface area contributed by atoms with Gasteiger partial charge in [0.1, 0.15) is 4.70 Å². The van der Waals surface area contributed by atoms with E-state index in [1.165, 1.54) is 16.9 Å². The Kier molecular flexibility index (Phi) is 5.91. The smallest absolute Gasteiger partial charge is 0.266 e. The summed E-state index contributed by atoms with van der Waals surface area (Å²) < 4.78 is 0.714. The fourth-order valence-corrected chi connectivity index (χ4v) is 4.54. The van der Waals surface area contributed by atoms with Gasteiger partial charge in [-0.15, -0.1) is 23.7 Å². The van der Waals surface area contributed by atoms with Crippen LogP contribution in [0.2, 0.25) is 0 Å². The van der Waals surface area contributed by atoms with Gasteiger partial charge in [-0.25, -0.2) is 0 Å². The van der Waals surface area contributed by atoms with Crippen molar-refractivity contribution in [1.82, 2.24) is 4.98 Å². The number of hydrogen-bond donors (Lipinski definition) is 3. The van der Waals surface area contributed by atoms with Crippen LogP contribution in [-0.4, -0.2) is 16.6 Å². The van der Waals surface area contributed by atoms with Crippen molar-refractivity contribution in [1.29, 1.82) is 0 Å². The van der Waals surface area contributed by atoms with Crippen molar-refractivity contribution < 1.29 is 5.11 Å². The minimum absolute atomic E-state index is 0. The van der Waals surface area contributed by atoms with Crippen LogP contribution in [0.4, 0.5) is 0 Å². The van der Waals surface area contributed by atoms with E-state index in [-0.39, 0.29) is 24.6 Å². The number of aryl methyl sites for hydroxylation is 1. The molecule has 0 aliphatic heterocycles. The Morgan fingerprint density at radius 2 is 1.93 bits per heavy atom. The molecule has 0 saturated carbocycles. The van der Waals surface area contributed by atoms with Gasteiger partial charge in [-0.05, 0) is 58.7 Å². The van der Waals surface area contributed by atoms with Crippen LogP contribution in [0.15, 0.2) is 46.6 Å². The average Bonchev–Trinajstić information content (AvgIpc) is 3.18. The number of thiophene rings is 1. The number of halogens is 1. The third-order valence-corrected chi connectivity index (χ3v) is 6.19. The average molecular weight is 415 g/mol. The number of benzene rings is 2. The van der Waals surface area contributed by atoms with Gasteiger partial charge in [-0.3, -0.25) is 4.79 Å². The van der Waals surface area contributed by atoms with E-state index in [1.54, 1.807) is 0 Å². The Hall–Kier alpha value is -2.18. The van der Waals surface area contributed by atoms with Crippen molar-refractivity contribution >= 4 is 44.7 Å². The second-order valence-corrected chi connectivity index (χ2v) is 7.93. The predicted octanol–water partition coefficient (Wildman–Crippen LogP) is 4.69. The number of pyridine rings is 1. The molecular weight excluding hydrogens is 392 g/mol. The molecule has 6 heteroatoms. The molecule has 0 radical (unpaired) electrons. The largest absolute Gasteiger partial charge is 0.392 e. The van der Waals surface area contributed by atoms with E-state index in [0.717, 1.165) is 38.5 Å². The maximum Gasteiger partial charge on any atom is 0.266 e. The van der Waals surface area contributed by atoms with Crippen molar-refractivity contribution in [3.8, 4) is 11.1 Å². The van der Waals surface area contributed by atoms with Gasteiger partial charge in [0.25, 0.3) is 5.56 Å². The summed E-state index contributed by atoms with van der Waals surface area (Å²) in [6.45, 7) is 4.61. The molecule has 2 aromatic heterocycles. The molecule has 1 atom stereocenters. The lowest BCUT2D eigenvalue weighted by molar-refractivity contribution is 0.282. The number of aliphatic hydroxyl groups is 1. The first-order valence-corrected chi connectivity index (χ1v) is 9.90. The molecule has 4 nitrogen and oxygen atoms in total. The lowest BCUT2D eigenvalue weighted by Gasteiger charge is -2.16. The normalized spacial score (nSPS) is 12.3. The van der Waals surface area contributed by atoms with E-state index in [1.807, 2.05) is 24.4 Å². The lowest BCUT2D eigenvalue weighted by atomic mass is 9.90. The maximum absolute atomic E-state index is 12.5. The molecule has 4 rings (SSSR count). The molecule has 0 aliphatic rings. The standard InChI is InChI=1S/C22H22N2O2S.ClH/c1-12-9-16(11-25)18(15-5-3-14(4-6-15)13(2)10-23)19-17-7-8-27-21(17)22(26)24-20(12)19;/h3-9,13,25H,10-11,23H2,1-2H3,(H,24,26);1H/t13-;/m0./s1. The van der Waals surface area contributed by atoms with Crippen LogP contribution in [0, 0.1) is 6.92 Å². The van der Waals surface area contributed by atoms with E-state index < -0.39 is 0 Å². The van der Waals surface area contributed by atoms with E-state index >= 15 is 0 Å². The molecule has 0 aliphatic carbocycles. The number of nitrogens with two attached hydrogens (primary N) is 1. The van der Waals surface area contributed by atoms with Crippen molar-refractivity contribution in [2.45, 2.75) is 26.4 Å². The van der Waals surface area contributed by atoms with Crippen molar-refractivity contribution in [3.63, 3.8) is 0 Å². The van der Waals surface area contributed by atoms with E-state index in [2.05, 4.69) is 36.2 Å². The summed E-state index contributed by atoms with van der Waals surface area (Å²) in [4.78, 5) is 15.5. The van der Waals surface area contributed by atoms with Crippen LogP contribution in [0.1, 0.15) is 29.5 Å². The molecule has 146 valence electrons. The van der Waals surface area contributed by atoms with Crippen LogP contribution >= 0.6 is 23.7 Å². The lowest BCUT2D eigenvalue weighted by Crippen LogP contribution is -2.08. The summed E-state index contributed by atoms with van der Waals surface area (Å²) >= 11 is 1.44. The van der Waals surface area contributed by atoms with Gasteiger partial charge in [-0.1, -0.05) is 37.3 Å². The Morgan fingerprint density at radius 1 is 1.21 bits per heavy atom. The summed E-state index contributed by atoms with van der Waals surface area (Å²) in [5.41, 5.74) is 11.6. The number of nitrogens with one attached hydrogen (secondary N) is 1. The van der Waals surface area contributed by atoms with E-state index in [0.29, 0.717) is 17.2 Å². The molecular formula is C22H23ClN2O2S. The summed E-state index contributed by atoms with van der Waals surface area (Å²) in [5.74, 6) is 0.297. The zero-order valence-electron chi connectivity index (χ0n) is 15.8. The molecule has 0 spiro atoms. The molecule has 4 aromatic rings. The second-order valence-electron chi connectivity index (χ2n) is 7.01. The monoisotopic (exact) mass is 414 g/mol.